The number of hydrogen-bond acceptors (Lipinski definition) is 6. The van der Waals surface area contributed by atoms with E-state index >= 15 is 0 Å². The third-order valence-electron chi connectivity index (χ3n) is 3.54. The second-order valence-corrected chi connectivity index (χ2v) is 5.03. The molecule has 1 aromatic heterocycles. The van der Waals surface area contributed by atoms with Gasteiger partial charge in [0, 0.05) is 6.61 Å². The van der Waals surface area contributed by atoms with Crippen LogP contribution in [-0.2, 0) is 4.74 Å². The van der Waals surface area contributed by atoms with Gasteiger partial charge >= 0.3 is 0 Å². The molecule has 1 aliphatic rings. The Bertz CT molecular complexity index is 622. The molecule has 21 heavy (non-hydrogen) atoms. The first-order valence-corrected chi connectivity index (χ1v) is 7.06. The van der Waals surface area contributed by atoms with Gasteiger partial charge in [-0.1, -0.05) is 11.2 Å². The summed E-state index contributed by atoms with van der Waals surface area (Å²) in [4.78, 5) is 4.38. The Labute approximate surface area is 122 Å². The maximum Gasteiger partial charge on any atom is 0.261 e. The second-order valence-electron chi connectivity index (χ2n) is 5.03. The number of ether oxygens (including phenoxy) is 2. The van der Waals surface area contributed by atoms with Gasteiger partial charge in [-0.3, -0.25) is 0 Å². The van der Waals surface area contributed by atoms with E-state index < -0.39 is 0 Å². The molecular weight excluding hydrogens is 272 g/mol. The van der Waals surface area contributed by atoms with Crippen LogP contribution in [0.25, 0.3) is 11.5 Å². The summed E-state index contributed by atoms with van der Waals surface area (Å²) in [6.45, 7) is 2.56. The first-order valence-electron chi connectivity index (χ1n) is 7.06. The highest BCUT2D eigenvalue weighted by atomic mass is 16.5. The Morgan fingerprint density at radius 1 is 1.43 bits per heavy atom. The molecule has 1 N–H and O–H groups in total. The van der Waals surface area contributed by atoms with E-state index in [1.165, 1.54) is 7.11 Å². The molecule has 6 nitrogen and oxygen atoms in total. The standard InChI is InChI=1S/C15H18N2O4/c1-3-20-13(9-7-8-9)14-16-15(21-17-14)10-5-4-6-11(19-2)12(10)18/h4-6,9,13,18H,3,7-8H2,1-2H3. The minimum absolute atomic E-state index is 0.00502. The Morgan fingerprint density at radius 3 is 2.90 bits per heavy atom. The molecule has 0 saturated heterocycles. The SMILES string of the molecule is CCOC(c1noc(-c2cccc(OC)c2O)n1)C1CC1. The summed E-state index contributed by atoms with van der Waals surface area (Å²) in [6, 6.07) is 5.14. The van der Waals surface area contributed by atoms with Gasteiger partial charge in [0.2, 0.25) is 5.82 Å². The van der Waals surface area contributed by atoms with Crippen LogP contribution in [0.1, 0.15) is 31.7 Å². The number of phenolic OH excluding ortho intramolecular Hbond substituents is 1. The zero-order chi connectivity index (χ0) is 14.8. The summed E-state index contributed by atoms with van der Waals surface area (Å²) < 4.78 is 16.1. The normalized spacial score (nSPS) is 15.9. The summed E-state index contributed by atoms with van der Waals surface area (Å²) in [5.74, 6) is 1.64. The highest BCUT2D eigenvalue weighted by Gasteiger charge is 2.36. The van der Waals surface area contributed by atoms with Gasteiger partial charge in [0.1, 0.15) is 6.10 Å². The molecule has 2 aromatic rings. The number of nitrogens with zero attached hydrogens (tertiary/aromatic N) is 2. The van der Waals surface area contributed by atoms with Gasteiger partial charge in [-0.25, -0.2) is 0 Å². The minimum Gasteiger partial charge on any atom is -0.504 e. The molecule has 1 atom stereocenters. The Balaban J connectivity index is 1.91. The number of hydrogen-bond donors (Lipinski definition) is 1. The third kappa shape index (κ3) is 2.71. The van der Waals surface area contributed by atoms with Crippen LogP contribution in [-0.4, -0.2) is 29.0 Å². The van der Waals surface area contributed by atoms with E-state index in [1.54, 1.807) is 18.2 Å². The van der Waals surface area contributed by atoms with Crippen molar-refractivity contribution in [3.05, 3.63) is 24.0 Å². The number of phenols is 1. The second kappa shape index (κ2) is 5.73. The molecule has 1 unspecified atom stereocenters. The van der Waals surface area contributed by atoms with Crippen molar-refractivity contribution >= 4 is 0 Å². The molecule has 0 radical (unpaired) electrons. The molecule has 0 bridgehead atoms. The summed E-state index contributed by atoms with van der Waals surface area (Å²) in [5, 5.41) is 14.1. The highest BCUT2D eigenvalue weighted by molar-refractivity contribution is 5.66. The fourth-order valence-corrected chi connectivity index (χ4v) is 2.32. The lowest BCUT2D eigenvalue weighted by Crippen LogP contribution is -2.08. The van der Waals surface area contributed by atoms with Crippen LogP contribution >= 0.6 is 0 Å². The topological polar surface area (TPSA) is 77.6 Å². The fraction of sp³-hybridized carbons (Fsp3) is 0.467. The van der Waals surface area contributed by atoms with Crippen LogP contribution in [0, 0.1) is 5.92 Å². The van der Waals surface area contributed by atoms with Crippen LogP contribution in [0.2, 0.25) is 0 Å². The van der Waals surface area contributed by atoms with Crippen LogP contribution in [0.4, 0.5) is 0 Å². The first-order chi connectivity index (χ1) is 10.2. The predicted octanol–water partition coefficient (Wildman–Crippen LogP) is 2.94. The average Bonchev–Trinajstić information content (AvgIpc) is 3.22. The van der Waals surface area contributed by atoms with Crippen molar-refractivity contribution in [2.45, 2.75) is 25.9 Å². The van der Waals surface area contributed by atoms with Crippen molar-refractivity contribution in [3.8, 4) is 23.0 Å². The zero-order valence-electron chi connectivity index (χ0n) is 12.1. The van der Waals surface area contributed by atoms with Gasteiger partial charge in [-0.15, -0.1) is 0 Å². The van der Waals surface area contributed by atoms with Gasteiger partial charge in [0.15, 0.2) is 11.5 Å². The largest absolute Gasteiger partial charge is 0.504 e. The maximum atomic E-state index is 10.1. The monoisotopic (exact) mass is 290 g/mol. The van der Waals surface area contributed by atoms with Gasteiger partial charge in [-0.2, -0.15) is 4.98 Å². The average molecular weight is 290 g/mol. The quantitative estimate of drug-likeness (QED) is 0.881. The minimum atomic E-state index is -0.125. The van der Waals surface area contributed by atoms with Crippen LogP contribution in [0.15, 0.2) is 22.7 Å². The van der Waals surface area contributed by atoms with Crippen molar-refractivity contribution in [1.82, 2.24) is 10.1 Å². The Morgan fingerprint density at radius 2 is 2.24 bits per heavy atom. The van der Waals surface area contributed by atoms with E-state index in [2.05, 4.69) is 10.1 Å². The number of benzene rings is 1. The molecule has 0 amide bonds. The van der Waals surface area contributed by atoms with E-state index in [0.717, 1.165) is 12.8 Å². The fourth-order valence-electron chi connectivity index (χ4n) is 2.32. The number of aromatic hydroxyl groups is 1. The smallest absolute Gasteiger partial charge is 0.261 e. The highest BCUT2D eigenvalue weighted by Crippen LogP contribution is 2.43. The molecule has 1 saturated carbocycles. The molecule has 1 heterocycles. The Kier molecular flexibility index (Phi) is 3.79. The van der Waals surface area contributed by atoms with Crippen LogP contribution in [0.5, 0.6) is 11.5 Å². The molecule has 0 aliphatic heterocycles. The molecule has 1 aliphatic carbocycles. The van der Waals surface area contributed by atoms with E-state index in [4.69, 9.17) is 14.0 Å². The molecule has 1 fully saturated rings. The lowest BCUT2D eigenvalue weighted by molar-refractivity contribution is 0.0385. The summed E-state index contributed by atoms with van der Waals surface area (Å²) in [7, 11) is 1.50. The van der Waals surface area contributed by atoms with Crippen LogP contribution < -0.4 is 4.74 Å². The Hall–Kier alpha value is -2.08. The first kappa shape index (κ1) is 13.9. The third-order valence-corrected chi connectivity index (χ3v) is 3.54. The lowest BCUT2D eigenvalue weighted by Gasteiger charge is -2.11. The van der Waals surface area contributed by atoms with Crippen molar-refractivity contribution < 1.29 is 19.1 Å². The molecule has 112 valence electrons. The van der Waals surface area contributed by atoms with Gasteiger partial charge in [0.25, 0.3) is 5.89 Å². The van der Waals surface area contributed by atoms with E-state index in [-0.39, 0.29) is 17.7 Å². The zero-order valence-corrected chi connectivity index (χ0v) is 12.1. The molecular formula is C15H18N2O4. The van der Waals surface area contributed by atoms with Gasteiger partial charge in [-0.05, 0) is 37.8 Å². The molecule has 1 aromatic carbocycles. The van der Waals surface area contributed by atoms with Gasteiger partial charge < -0.3 is 19.1 Å². The predicted molar refractivity (Wildman–Crippen MR) is 75.0 cm³/mol. The molecule has 3 rings (SSSR count). The van der Waals surface area contributed by atoms with E-state index in [1.807, 2.05) is 6.92 Å². The summed E-state index contributed by atoms with van der Waals surface area (Å²) in [6.07, 6.45) is 2.12. The molecule has 0 spiro atoms. The number of rotatable bonds is 6. The van der Waals surface area contributed by atoms with E-state index in [0.29, 0.717) is 29.7 Å². The van der Waals surface area contributed by atoms with Crippen molar-refractivity contribution in [3.63, 3.8) is 0 Å². The van der Waals surface area contributed by atoms with Crippen molar-refractivity contribution in [2.24, 2.45) is 5.92 Å². The summed E-state index contributed by atoms with van der Waals surface area (Å²) >= 11 is 0. The number of para-hydroxylation sites is 1. The van der Waals surface area contributed by atoms with Crippen molar-refractivity contribution in [2.75, 3.05) is 13.7 Å². The lowest BCUT2D eigenvalue weighted by atomic mass is 10.2. The van der Waals surface area contributed by atoms with Crippen molar-refractivity contribution in [1.29, 1.82) is 0 Å². The number of aromatic nitrogens is 2. The molecule has 6 heteroatoms. The summed E-state index contributed by atoms with van der Waals surface area (Å²) in [5.41, 5.74) is 0.458. The maximum absolute atomic E-state index is 10.1. The van der Waals surface area contributed by atoms with E-state index in [9.17, 15) is 5.11 Å². The number of methoxy groups -OCH3 is 1. The van der Waals surface area contributed by atoms with Crippen LogP contribution in [0.3, 0.4) is 0 Å². The van der Waals surface area contributed by atoms with Gasteiger partial charge in [0.05, 0.1) is 12.7 Å².